The minimum atomic E-state index is -0.526. The Morgan fingerprint density at radius 2 is 1.62 bits per heavy atom. The molecule has 0 fully saturated rings. The van der Waals surface area contributed by atoms with Gasteiger partial charge in [-0.05, 0) is 49.1 Å². The Morgan fingerprint density at radius 3 is 2.29 bits per heavy atom. The molecule has 10 heteroatoms. The molecule has 1 aromatic heterocycles. The standard InChI is InChI=1S/C35H45N3O7/c1-4-7-10-15-29(30(6-3)38(25-39)44-23-26-13-11-9-12-14-26)33(40)36-24-37-34(41)32-21-20-31(45-32)27-16-18-28(19-17-27)35(42)43-22-8-5-2/h9,11-14,16-21,25,29-30H,4-8,10,15,22-24H2,1-3H3,(H,36,40)(H,37,41)/t29?,30-/m1/s1. The van der Waals surface area contributed by atoms with Crippen LogP contribution in [-0.2, 0) is 25.8 Å². The molecular weight excluding hydrogens is 574 g/mol. The van der Waals surface area contributed by atoms with Gasteiger partial charge in [0.2, 0.25) is 12.3 Å². The highest BCUT2D eigenvalue weighted by atomic mass is 16.7. The molecule has 0 spiro atoms. The van der Waals surface area contributed by atoms with Crippen molar-refractivity contribution in [3.8, 4) is 11.3 Å². The average Bonchev–Trinajstić information content (AvgIpc) is 3.57. The van der Waals surface area contributed by atoms with E-state index in [4.69, 9.17) is 14.0 Å². The summed E-state index contributed by atoms with van der Waals surface area (Å²) in [6.07, 6.45) is 6.23. The molecule has 3 aromatic rings. The second-order valence-electron chi connectivity index (χ2n) is 10.8. The molecule has 0 aliphatic carbocycles. The molecule has 0 saturated heterocycles. The average molecular weight is 620 g/mol. The number of hydrogen-bond acceptors (Lipinski definition) is 7. The highest BCUT2D eigenvalue weighted by Crippen LogP contribution is 2.24. The van der Waals surface area contributed by atoms with Crippen molar-refractivity contribution in [3.63, 3.8) is 0 Å². The van der Waals surface area contributed by atoms with Gasteiger partial charge in [-0.3, -0.25) is 19.2 Å². The number of rotatable bonds is 20. The van der Waals surface area contributed by atoms with E-state index in [9.17, 15) is 19.2 Å². The van der Waals surface area contributed by atoms with Crippen LogP contribution in [0.3, 0.4) is 0 Å². The maximum atomic E-state index is 13.4. The van der Waals surface area contributed by atoms with Gasteiger partial charge in [-0.2, -0.15) is 0 Å². The molecule has 0 aliphatic heterocycles. The van der Waals surface area contributed by atoms with Crippen molar-refractivity contribution in [1.29, 1.82) is 0 Å². The number of carbonyl (C=O) groups excluding carboxylic acids is 4. The van der Waals surface area contributed by atoms with Crippen molar-refractivity contribution in [3.05, 3.63) is 83.6 Å². The van der Waals surface area contributed by atoms with Gasteiger partial charge in [-0.25, -0.2) is 9.86 Å². The Morgan fingerprint density at radius 1 is 0.889 bits per heavy atom. The SMILES string of the molecule is CCCCCC(C(=O)NCNC(=O)c1ccc(-c2ccc(C(=O)OCCCC)cc2)o1)[C@@H](CC)N(C=O)OCc1ccccc1. The molecule has 1 unspecified atom stereocenters. The highest BCUT2D eigenvalue weighted by Gasteiger charge is 2.32. The quantitative estimate of drug-likeness (QED) is 0.0502. The third-order valence-corrected chi connectivity index (χ3v) is 7.47. The number of unbranched alkanes of at least 4 members (excludes halogenated alkanes) is 3. The second kappa shape index (κ2) is 19.1. The number of benzene rings is 2. The summed E-state index contributed by atoms with van der Waals surface area (Å²) >= 11 is 0. The van der Waals surface area contributed by atoms with E-state index in [-0.39, 0.29) is 30.9 Å². The van der Waals surface area contributed by atoms with Gasteiger partial charge in [0.1, 0.15) is 12.4 Å². The minimum absolute atomic E-state index is 0.0784. The summed E-state index contributed by atoms with van der Waals surface area (Å²) in [7, 11) is 0. The summed E-state index contributed by atoms with van der Waals surface area (Å²) in [5.41, 5.74) is 2.05. The van der Waals surface area contributed by atoms with Crippen LogP contribution in [0.2, 0.25) is 0 Å². The van der Waals surface area contributed by atoms with Crippen molar-refractivity contribution in [1.82, 2.24) is 15.7 Å². The molecule has 0 radical (unpaired) electrons. The topological polar surface area (TPSA) is 127 Å². The van der Waals surface area contributed by atoms with Crippen LogP contribution in [0.15, 0.2) is 71.1 Å². The molecule has 3 rings (SSSR count). The zero-order valence-corrected chi connectivity index (χ0v) is 26.5. The molecule has 0 saturated carbocycles. The van der Waals surface area contributed by atoms with Gasteiger partial charge in [-0.15, -0.1) is 0 Å². The van der Waals surface area contributed by atoms with E-state index in [0.29, 0.717) is 42.7 Å². The molecule has 2 N–H and O–H groups in total. The van der Waals surface area contributed by atoms with Crippen molar-refractivity contribution in [2.75, 3.05) is 13.3 Å². The van der Waals surface area contributed by atoms with Crippen LogP contribution in [0.25, 0.3) is 11.3 Å². The number of amides is 3. The van der Waals surface area contributed by atoms with Gasteiger partial charge in [0.25, 0.3) is 5.91 Å². The number of nitrogens with zero attached hydrogens (tertiary/aromatic N) is 1. The van der Waals surface area contributed by atoms with Crippen molar-refractivity contribution < 1.29 is 33.2 Å². The number of carbonyl (C=O) groups is 4. The zero-order valence-electron chi connectivity index (χ0n) is 26.5. The maximum absolute atomic E-state index is 13.4. The molecule has 45 heavy (non-hydrogen) atoms. The van der Waals surface area contributed by atoms with E-state index in [2.05, 4.69) is 17.6 Å². The van der Waals surface area contributed by atoms with Gasteiger partial charge >= 0.3 is 5.97 Å². The minimum Gasteiger partial charge on any atom is -0.462 e. The van der Waals surface area contributed by atoms with Gasteiger partial charge < -0.3 is 19.8 Å². The van der Waals surface area contributed by atoms with Crippen LogP contribution in [0, 0.1) is 5.92 Å². The Bertz CT molecular complexity index is 1340. The van der Waals surface area contributed by atoms with Gasteiger partial charge in [0.05, 0.1) is 30.8 Å². The molecule has 2 aromatic carbocycles. The van der Waals surface area contributed by atoms with Crippen LogP contribution in [-0.4, -0.2) is 48.6 Å². The van der Waals surface area contributed by atoms with Crippen molar-refractivity contribution in [2.24, 2.45) is 5.92 Å². The van der Waals surface area contributed by atoms with Gasteiger partial charge in [0, 0.05) is 5.56 Å². The van der Waals surface area contributed by atoms with Crippen molar-refractivity contribution in [2.45, 2.75) is 78.4 Å². The van der Waals surface area contributed by atoms with Crippen LogP contribution in [0.1, 0.15) is 92.2 Å². The summed E-state index contributed by atoms with van der Waals surface area (Å²) in [6, 6.07) is 19.0. The third kappa shape index (κ3) is 10.9. The fraction of sp³-hybridized carbons (Fsp3) is 0.429. The first kappa shape index (κ1) is 35.0. The Labute approximate surface area is 265 Å². The first-order valence-electron chi connectivity index (χ1n) is 15.7. The summed E-state index contributed by atoms with van der Waals surface area (Å²) in [5, 5.41) is 6.71. The first-order chi connectivity index (χ1) is 21.9. The van der Waals surface area contributed by atoms with E-state index in [1.807, 2.05) is 44.2 Å². The number of hydroxylamine groups is 2. The molecule has 1 heterocycles. The molecule has 2 atom stereocenters. The summed E-state index contributed by atoms with van der Waals surface area (Å²) < 4.78 is 11.0. The highest BCUT2D eigenvalue weighted by molar-refractivity contribution is 5.92. The molecule has 10 nitrogen and oxygen atoms in total. The number of nitrogens with one attached hydrogen (secondary N) is 2. The van der Waals surface area contributed by atoms with Crippen LogP contribution in [0.5, 0.6) is 0 Å². The molecule has 3 amide bonds. The largest absolute Gasteiger partial charge is 0.462 e. The Kier molecular flexibility index (Phi) is 14.8. The Balaban J connectivity index is 1.57. The monoisotopic (exact) mass is 619 g/mol. The molecule has 0 aliphatic rings. The lowest BCUT2D eigenvalue weighted by atomic mass is 9.90. The third-order valence-electron chi connectivity index (χ3n) is 7.47. The van der Waals surface area contributed by atoms with E-state index >= 15 is 0 Å². The van der Waals surface area contributed by atoms with E-state index < -0.39 is 17.9 Å². The number of esters is 1. The lowest BCUT2D eigenvalue weighted by Crippen LogP contribution is -2.48. The predicted molar refractivity (Wildman–Crippen MR) is 171 cm³/mol. The summed E-state index contributed by atoms with van der Waals surface area (Å²) in [6.45, 7) is 6.50. The fourth-order valence-corrected chi connectivity index (χ4v) is 4.89. The first-order valence-corrected chi connectivity index (χ1v) is 15.7. The number of ether oxygens (including phenoxy) is 1. The van der Waals surface area contributed by atoms with Gasteiger partial charge in [-0.1, -0.05) is 88.9 Å². The maximum Gasteiger partial charge on any atom is 0.338 e. The van der Waals surface area contributed by atoms with E-state index in [1.54, 1.807) is 36.4 Å². The van der Waals surface area contributed by atoms with Crippen LogP contribution >= 0.6 is 0 Å². The normalized spacial score (nSPS) is 12.2. The van der Waals surface area contributed by atoms with E-state index in [0.717, 1.165) is 37.7 Å². The lowest BCUT2D eigenvalue weighted by molar-refractivity contribution is -0.200. The van der Waals surface area contributed by atoms with Crippen LogP contribution < -0.4 is 10.6 Å². The van der Waals surface area contributed by atoms with Crippen LogP contribution in [0.4, 0.5) is 0 Å². The molecule has 242 valence electrons. The molecular formula is C35H45N3O7. The number of hydrogen-bond donors (Lipinski definition) is 2. The summed E-state index contributed by atoms with van der Waals surface area (Å²) in [4.78, 5) is 56.2. The second-order valence-corrected chi connectivity index (χ2v) is 10.8. The van der Waals surface area contributed by atoms with Crippen molar-refractivity contribution >= 4 is 24.2 Å². The molecule has 0 bridgehead atoms. The smallest absolute Gasteiger partial charge is 0.338 e. The lowest BCUT2D eigenvalue weighted by Gasteiger charge is -2.32. The van der Waals surface area contributed by atoms with E-state index in [1.165, 1.54) is 5.06 Å². The zero-order chi connectivity index (χ0) is 32.4. The van der Waals surface area contributed by atoms with Gasteiger partial charge in [0.15, 0.2) is 5.76 Å². The predicted octanol–water partition coefficient (Wildman–Crippen LogP) is 6.27. The fourth-order valence-electron chi connectivity index (χ4n) is 4.89. The number of furan rings is 1. The Hall–Kier alpha value is -4.44. The summed E-state index contributed by atoms with van der Waals surface area (Å²) in [5.74, 6) is -1.14.